The van der Waals surface area contributed by atoms with Gasteiger partial charge in [-0.3, -0.25) is 4.31 Å². The average Bonchev–Trinajstić information content (AvgIpc) is 2.49. The van der Waals surface area contributed by atoms with Crippen LogP contribution in [0.2, 0.25) is 0 Å². The molecule has 0 heterocycles. The molecule has 0 unspecified atom stereocenters. The summed E-state index contributed by atoms with van der Waals surface area (Å²) < 4.78 is 52.1. The maximum atomic E-state index is 13.3. The molecule has 0 radical (unpaired) electrons. The maximum absolute atomic E-state index is 13.3. The Morgan fingerprint density at radius 2 is 1.74 bits per heavy atom. The predicted octanol–water partition coefficient (Wildman–Crippen LogP) is 2.80. The van der Waals surface area contributed by atoms with Gasteiger partial charge in [0.1, 0.15) is 0 Å². The van der Waals surface area contributed by atoms with E-state index < -0.39 is 27.6 Å². The van der Waals surface area contributed by atoms with E-state index in [0.29, 0.717) is 5.56 Å². The Labute approximate surface area is 131 Å². The van der Waals surface area contributed by atoms with E-state index in [1.807, 2.05) is 0 Å². The van der Waals surface area contributed by atoms with Crippen LogP contribution < -0.4 is 4.31 Å². The highest BCUT2D eigenvalue weighted by Crippen LogP contribution is 2.25. The number of carboxylic acids is 1. The highest BCUT2D eigenvalue weighted by Gasteiger charge is 2.24. The van der Waals surface area contributed by atoms with Crippen molar-refractivity contribution in [1.82, 2.24) is 0 Å². The molecule has 2 aromatic rings. The van der Waals surface area contributed by atoms with Crippen LogP contribution in [0, 0.1) is 18.6 Å². The van der Waals surface area contributed by atoms with Crippen LogP contribution in [0.1, 0.15) is 15.9 Å². The van der Waals surface area contributed by atoms with Crippen molar-refractivity contribution in [3.05, 3.63) is 59.2 Å². The van der Waals surface area contributed by atoms with Crippen molar-refractivity contribution in [2.24, 2.45) is 0 Å². The highest BCUT2D eigenvalue weighted by atomic mass is 32.2. The summed E-state index contributed by atoms with van der Waals surface area (Å²) in [4.78, 5) is 10.9. The lowest BCUT2D eigenvalue weighted by Gasteiger charge is -2.20. The lowest BCUT2D eigenvalue weighted by Crippen LogP contribution is -2.27. The summed E-state index contributed by atoms with van der Waals surface area (Å²) in [5.74, 6) is -3.53. The van der Waals surface area contributed by atoms with Crippen molar-refractivity contribution in [2.75, 3.05) is 11.4 Å². The molecule has 8 heteroatoms. The predicted molar refractivity (Wildman–Crippen MR) is 80.1 cm³/mol. The first-order chi connectivity index (χ1) is 10.6. The molecular weight excluding hydrogens is 328 g/mol. The Morgan fingerprint density at radius 1 is 1.09 bits per heavy atom. The molecule has 0 saturated carbocycles. The van der Waals surface area contributed by atoms with E-state index in [-0.39, 0.29) is 16.1 Å². The monoisotopic (exact) mass is 341 g/mol. The minimum atomic E-state index is -4.11. The second-order valence-electron chi connectivity index (χ2n) is 4.85. The number of benzene rings is 2. The first-order valence-corrected chi connectivity index (χ1v) is 7.86. The smallest absolute Gasteiger partial charge is 0.335 e. The van der Waals surface area contributed by atoms with Crippen molar-refractivity contribution < 1.29 is 27.1 Å². The van der Waals surface area contributed by atoms with Gasteiger partial charge in [-0.2, -0.15) is 0 Å². The molecule has 5 nitrogen and oxygen atoms in total. The van der Waals surface area contributed by atoms with E-state index in [0.717, 1.165) is 28.6 Å². The number of carboxylic acid groups (broad SMARTS) is 1. The number of aromatic carboxylic acids is 1. The number of hydrogen-bond donors (Lipinski definition) is 1. The van der Waals surface area contributed by atoms with Crippen molar-refractivity contribution in [3.8, 4) is 0 Å². The summed E-state index contributed by atoms with van der Waals surface area (Å²) in [6.45, 7) is 1.54. The van der Waals surface area contributed by atoms with Crippen molar-refractivity contribution in [1.29, 1.82) is 0 Å². The molecule has 0 bridgehead atoms. The summed E-state index contributed by atoms with van der Waals surface area (Å²) in [5.41, 5.74) is 0.179. The average molecular weight is 341 g/mol. The fourth-order valence-electron chi connectivity index (χ4n) is 1.97. The molecule has 0 fully saturated rings. The SMILES string of the molecule is Cc1ccc(S(=O)(=O)N(C)c2ccc(F)c(F)c2)cc1C(=O)O. The van der Waals surface area contributed by atoms with Crippen LogP contribution in [0.25, 0.3) is 0 Å². The van der Waals surface area contributed by atoms with Gasteiger partial charge in [0.2, 0.25) is 0 Å². The first kappa shape index (κ1) is 16.9. The molecule has 0 spiro atoms. The summed E-state index contributed by atoms with van der Waals surface area (Å²) in [5, 5.41) is 9.08. The Morgan fingerprint density at radius 3 is 2.30 bits per heavy atom. The quantitative estimate of drug-likeness (QED) is 0.928. The molecule has 0 amide bonds. The van der Waals surface area contributed by atoms with Gasteiger partial charge in [0.25, 0.3) is 10.0 Å². The van der Waals surface area contributed by atoms with Crippen molar-refractivity contribution >= 4 is 21.7 Å². The molecule has 2 rings (SSSR count). The van der Waals surface area contributed by atoms with E-state index in [4.69, 9.17) is 5.11 Å². The van der Waals surface area contributed by atoms with E-state index in [1.54, 1.807) is 6.92 Å². The molecule has 23 heavy (non-hydrogen) atoms. The zero-order valence-electron chi connectivity index (χ0n) is 12.2. The number of sulfonamides is 1. The lowest BCUT2D eigenvalue weighted by atomic mass is 10.1. The van der Waals surface area contributed by atoms with E-state index in [9.17, 15) is 22.0 Å². The largest absolute Gasteiger partial charge is 0.478 e. The fourth-order valence-corrected chi connectivity index (χ4v) is 3.18. The summed E-state index contributed by atoms with van der Waals surface area (Å²) in [7, 11) is -2.94. The molecule has 0 atom stereocenters. The number of carbonyl (C=O) groups is 1. The summed E-state index contributed by atoms with van der Waals surface area (Å²) in [6.07, 6.45) is 0. The van der Waals surface area contributed by atoms with Gasteiger partial charge in [0, 0.05) is 13.1 Å². The summed E-state index contributed by atoms with van der Waals surface area (Å²) in [6, 6.07) is 6.34. The molecule has 0 saturated heterocycles. The molecule has 0 aromatic heterocycles. The zero-order chi connectivity index (χ0) is 17.4. The Balaban J connectivity index is 2.51. The Hall–Kier alpha value is -2.48. The molecular formula is C15H13F2NO4S. The molecule has 1 N–H and O–H groups in total. The van der Waals surface area contributed by atoms with E-state index in [2.05, 4.69) is 0 Å². The third kappa shape index (κ3) is 3.16. The number of nitrogens with zero attached hydrogens (tertiary/aromatic N) is 1. The molecule has 0 aliphatic carbocycles. The minimum absolute atomic E-state index is 0.0821. The van der Waals surface area contributed by atoms with Crippen LogP contribution in [0.15, 0.2) is 41.3 Å². The second-order valence-corrected chi connectivity index (χ2v) is 6.82. The van der Waals surface area contributed by atoms with Gasteiger partial charge in [0.15, 0.2) is 11.6 Å². The van der Waals surface area contributed by atoms with Gasteiger partial charge in [-0.15, -0.1) is 0 Å². The maximum Gasteiger partial charge on any atom is 0.335 e. The van der Waals surface area contributed by atoms with Crippen molar-refractivity contribution in [2.45, 2.75) is 11.8 Å². The molecule has 122 valence electrons. The Bertz CT molecular complexity index is 881. The number of anilines is 1. The van der Waals surface area contributed by atoms with Crippen molar-refractivity contribution in [3.63, 3.8) is 0 Å². The zero-order valence-corrected chi connectivity index (χ0v) is 13.1. The van der Waals surface area contributed by atoms with Crippen LogP contribution in [0.5, 0.6) is 0 Å². The standard InChI is InChI=1S/C15H13F2NO4S/c1-9-3-5-11(8-12(9)15(19)20)23(21,22)18(2)10-4-6-13(16)14(17)7-10/h3-8H,1-2H3,(H,19,20). The first-order valence-electron chi connectivity index (χ1n) is 6.42. The number of aryl methyl sites for hydroxylation is 1. The van der Waals surface area contributed by atoms with Gasteiger partial charge in [-0.1, -0.05) is 6.07 Å². The van der Waals surface area contributed by atoms with Gasteiger partial charge in [-0.25, -0.2) is 22.0 Å². The van der Waals surface area contributed by atoms with Gasteiger partial charge >= 0.3 is 5.97 Å². The number of hydrogen-bond acceptors (Lipinski definition) is 3. The third-order valence-corrected chi connectivity index (χ3v) is 5.15. The van der Waals surface area contributed by atoms with Crippen LogP contribution in [0.4, 0.5) is 14.5 Å². The van der Waals surface area contributed by atoms with E-state index >= 15 is 0 Å². The van der Waals surface area contributed by atoms with Gasteiger partial charge < -0.3 is 5.11 Å². The molecule has 2 aromatic carbocycles. The second kappa shape index (κ2) is 5.96. The number of halogens is 2. The van der Waals surface area contributed by atoms with E-state index in [1.165, 1.54) is 19.2 Å². The van der Waals surface area contributed by atoms with Gasteiger partial charge in [0.05, 0.1) is 16.1 Å². The topological polar surface area (TPSA) is 74.7 Å². The van der Waals surface area contributed by atoms with Crippen LogP contribution in [-0.2, 0) is 10.0 Å². The van der Waals surface area contributed by atoms with Crippen LogP contribution in [0.3, 0.4) is 0 Å². The molecule has 0 aliphatic heterocycles. The van der Waals surface area contributed by atoms with Crippen LogP contribution in [-0.4, -0.2) is 26.5 Å². The normalized spacial score (nSPS) is 11.3. The molecule has 0 aliphatic rings. The number of rotatable bonds is 4. The van der Waals surface area contributed by atoms with Crippen LogP contribution >= 0.6 is 0 Å². The highest BCUT2D eigenvalue weighted by molar-refractivity contribution is 7.92. The third-order valence-electron chi connectivity index (χ3n) is 3.36. The Kier molecular flexibility index (Phi) is 4.37. The fraction of sp³-hybridized carbons (Fsp3) is 0.133. The lowest BCUT2D eigenvalue weighted by molar-refractivity contribution is 0.0696. The summed E-state index contributed by atoms with van der Waals surface area (Å²) >= 11 is 0. The minimum Gasteiger partial charge on any atom is -0.478 e. The van der Waals surface area contributed by atoms with Gasteiger partial charge in [-0.05, 0) is 36.8 Å².